The Morgan fingerprint density at radius 1 is 1.31 bits per heavy atom. The van der Waals surface area contributed by atoms with Gasteiger partial charge in [-0.3, -0.25) is 4.79 Å². The zero-order chi connectivity index (χ0) is 19.8. The molecular weight excluding hydrogens is 405 g/mol. The average molecular weight is 427 g/mol. The summed E-state index contributed by atoms with van der Waals surface area (Å²) in [4.78, 5) is 20.9. The molecular formula is C17H22AsNO7. The van der Waals surface area contributed by atoms with Gasteiger partial charge in [-0.1, -0.05) is 6.92 Å². The van der Waals surface area contributed by atoms with Gasteiger partial charge >= 0.3 is 130 Å². The van der Waals surface area contributed by atoms with Crippen molar-refractivity contribution in [1.82, 2.24) is 5.32 Å². The Morgan fingerprint density at radius 2 is 1.88 bits per heavy atom. The minimum absolute atomic E-state index is 0.0562. The summed E-state index contributed by atoms with van der Waals surface area (Å²) in [6, 6.07) is 9.11. The van der Waals surface area contributed by atoms with Crippen molar-refractivity contribution in [3.05, 3.63) is 58.5 Å². The molecule has 2 unspecified atom stereocenters. The van der Waals surface area contributed by atoms with E-state index in [0.717, 1.165) is 5.56 Å². The maximum atomic E-state index is 11.9. The molecule has 0 spiro atoms. The molecule has 0 radical (unpaired) electrons. The second-order valence-electron chi connectivity index (χ2n) is 5.56. The number of hydrogen-bond acceptors (Lipinski definition) is 5. The molecule has 0 fully saturated rings. The Hall–Kier alpha value is -2.12. The third-order valence-electron chi connectivity index (χ3n) is 3.59. The molecule has 1 aromatic rings. The number of nitrogens with one attached hydrogen (secondary N) is 1. The summed E-state index contributed by atoms with van der Waals surface area (Å²) < 4.78 is 25.4. The summed E-state index contributed by atoms with van der Waals surface area (Å²) in [5.74, 6) is -1.01. The second kappa shape index (κ2) is 9.54. The maximum absolute atomic E-state index is 11.9. The van der Waals surface area contributed by atoms with Gasteiger partial charge in [0, 0.05) is 6.42 Å². The quantitative estimate of drug-likeness (QED) is 0.320. The van der Waals surface area contributed by atoms with E-state index < -0.39 is 25.7 Å². The van der Waals surface area contributed by atoms with Crippen LogP contribution in [0.25, 0.3) is 0 Å². The Morgan fingerprint density at radius 3 is 2.35 bits per heavy atom. The number of rotatable bonds is 5. The molecule has 1 aromatic carbocycles. The molecule has 2 rings (SSSR count). The van der Waals surface area contributed by atoms with Crippen LogP contribution >= 0.6 is 0 Å². The van der Waals surface area contributed by atoms with Gasteiger partial charge in [-0.05, 0) is 0 Å². The van der Waals surface area contributed by atoms with E-state index in [-0.39, 0.29) is 23.1 Å². The van der Waals surface area contributed by atoms with Gasteiger partial charge in [-0.2, -0.15) is 0 Å². The van der Waals surface area contributed by atoms with E-state index >= 15 is 0 Å². The van der Waals surface area contributed by atoms with Crippen molar-refractivity contribution in [3.8, 4) is 0 Å². The number of hydrogen-bond donors (Lipinski definition) is 4. The molecule has 0 saturated heterocycles. The number of carbonyl (C=O) groups excluding carboxylic acids is 1. The number of aliphatic carboxylic acids is 1. The van der Waals surface area contributed by atoms with E-state index in [0.29, 0.717) is 0 Å². The fourth-order valence-corrected chi connectivity index (χ4v) is 4.12. The summed E-state index contributed by atoms with van der Waals surface area (Å²) in [6.07, 6.45) is 5.03. The first-order valence-corrected chi connectivity index (χ1v) is 11.1. The normalized spacial score (nSPS) is 20.8. The molecule has 0 bridgehead atoms. The van der Waals surface area contributed by atoms with Crippen molar-refractivity contribution < 1.29 is 31.7 Å². The minimum atomic E-state index is -4.95. The van der Waals surface area contributed by atoms with Crippen molar-refractivity contribution in [2.75, 3.05) is 0 Å². The Labute approximate surface area is 154 Å². The first-order valence-electron chi connectivity index (χ1n) is 7.78. The molecule has 4 N–H and O–H groups in total. The molecule has 2 atom stereocenters. The van der Waals surface area contributed by atoms with E-state index in [9.17, 15) is 17.4 Å². The van der Waals surface area contributed by atoms with Crippen LogP contribution in [0.5, 0.6) is 0 Å². The van der Waals surface area contributed by atoms with Crippen molar-refractivity contribution in [1.29, 1.82) is 0 Å². The Kier molecular flexibility index (Phi) is 8.04. The summed E-state index contributed by atoms with van der Waals surface area (Å²) in [7, 11) is 0. The van der Waals surface area contributed by atoms with Gasteiger partial charge in [0.2, 0.25) is 0 Å². The SMILES string of the molecule is CC(=O)NC1(c2ccccc2)C=CC=C([As](=O)(O)OO)C1.CCC(=O)O. The van der Waals surface area contributed by atoms with Gasteiger partial charge in [0.05, 0.1) is 0 Å². The first-order chi connectivity index (χ1) is 12.2. The molecule has 1 aliphatic rings. The summed E-state index contributed by atoms with van der Waals surface area (Å²) in [5.41, 5.74) is -0.162. The van der Waals surface area contributed by atoms with Crippen LogP contribution in [0.15, 0.2) is 52.9 Å². The van der Waals surface area contributed by atoms with E-state index in [1.54, 1.807) is 19.1 Å². The Bertz CT molecular complexity index is 745. The molecule has 142 valence electrons. The molecule has 0 heterocycles. The van der Waals surface area contributed by atoms with Crippen LogP contribution < -0.4 is 5.32 Å². The van der Waals surface area contributed by atoms with Crippen LogP contribution in [-0.4, -0.2) is 40.5 Å². The number of amides is 1. The first kappa shape index (κ1) is 21.9. The number of carbonyl (C=O) groups is 2. The second-order valence-corrected chi connectivity index (χ2v) is 9.29. The van der Waals surface area contributed by atoms with Crippen LogP contribution in [0.2, 0.25) is 0 Å². The fraction of sp³-hybridized carbons (Fsp3) is 0.294. The van der Waals surface area contributed by atoms with Gasteiger partial charge in [-0.15, -0.1) is 0 Å². The molecule has 0 saturated carbocycles. The van der Waals surface area contributed by atoms with Gasteiger partial charge < -0.3 is 5.11 Å². The zero-order valence-corrected chi connectivity index (χ0v) is 16.3. The van der Waals surface area contributed by atoms with Crippen LogP contribution in [0.4, 0.5) is 0 Å². The fourth-order valence-electron chi connectivity index (χ4n) is 2.38. The molecule has 1 amide bonds. The van der Waals surface area contributed by atoms with E-state index in [4.69, 9.17) is 10.4 Å². The van der Waals surface area contributed by atoms with Crippen LogP contribution in [0.1, 0.15) is 32.3 Å². The number of allylic oxidation sites excluding steroid dienone is 2. The molecule has 0 aliphatic heterocycles. The number of carboxylic acid groups (broad SMARTS) is 1. The molecule has 1 aliphatic carbocycles. The van der Waals surface area contributed by atoms with Gasteiger partial charge in [0.25, 0.3) is 0 Å². The molecule has 26 heavy (non-hydrogen) atoms. The van der Waals surface area contributed by atoms with Crippen LogP contribution in [0, 0.1) is 0 Å². The average Bonchev–Trinajstić information content (AvgIpc) is 2.62. The smallest absolute Gasteiger partial charge is 0.303 e. The predicted octanol–water partition coefficient (Wildman–Crippen LogP) is 1.78. The topological polar surface area (TPSA) is 133 Å². The van der Waals surface area contributed by atoms with E-state index in [1.165, 1.54) is 13.0 Å². The van der Waals surface area contributed by atoms with Gasteiger partial charge in [0.1, 0.15) is 0 Å². The largest absolute Gasteiger partial charge is 0.481 e. The van der Waals surface area contributed by atoms with E-state index in [2.05, 4.69) is 9.19 Å². The zero-order valence-electron chi connectivity index (χ0n) is 14.5. The van der Waals surface area contributed by atoms with Crippen LogP contribution in [-0.2, 0) is 22.7 Å². The molecule has 8 nitrogen and oxygen atoms in total. The van der Waals surface area contributed by atoms with Crippen molar-refractivity contribution in [3.63, 3.8) is 0 Å². The molecule has 0 aromatic heterocycles. The molecule has 9 heteroatoms. The minimum Gasteiger partial charge on any atom is -0.481 e. The summed E-state index contributed by atoms with van der Waals surface area (Å²) >= 11 is -4.95. The summed E-state index contributed by atoms with van der Waals surface area (Å²) in [6.45, 7) is 2.98. The Balaban J connectivity index is 0.000000597. The monoisotopic (exact) mass is 427 g/mol. The van der Waals surface area contributed by atoms with Crippen molar-refractivity contribution in [2.45, 2.75) is 32.2 Å². The summed E-state index contributed by atoms with van der Waals surface area (Å²) in [5, 5.41) is 19.2. The standard InChI is InChI=1S/C14H16AsNO5.C3H6O2/c1-11(17)16-14(12-6-3-2-4-7-12)9-5-8-13(10-14)15(18,19)21-20;1-2-3(4)5/h2-9,20H,10H2,1H3,(H,16,17)(H,18,19);2H2,1H3,(H,4,5). The maximum Gasteiger partial charge on any atom is 0.303 e. The van der Waals surface area contributed by atoms with E-state index in [1.807, 2.05) is 30.3 Å². The number of carboxylic acids is 1. The third kappa shape index (κ3) is 6.00. The van der Waals surface area contributed by atoms with Crippen molar-refractivity contribution in [2.24, 2.45) is 0 Å². The van der Waals surface area contributed by atoms with Crippen LogP contribution in [0.3, 0.4) is 0 Å². The third-order valence-corrected chi connectivity index (χ3v) is 6.23. The van der Waals surface area contributed by atoms with Gasteiger partial charge in [-0.25, -0.2) is 0 Å². The number of benzene rings is 1. The predicted molar refractivity (Wildman–Crippen MR) is 94.1 cm³/mol. The van der Waals surface area contributed by atoms with Gasteiger partial charge in [0.15, 0.2) is 0 Å². The van der Waals surface area contributed by atoms with Crippen molar-refractivity contribution >= 4 is 26.0 Å².